The van der Waals surface area contributed by atoms with Gasteiger partial charge in [-0.15, -0.1) is 0 Å². The number of carbonyl (C=O) groups excluding carboxylic acids is 2. The number of sulfone groups is 1. The standard InChI is InChI=1S/C17H24N2O5S/c1-11-6-12(2)8-15(7-11)24-13(3)17(21)19-18-16(20)9-14-4-5-25(22,23)10-14/h6-8,13-14H,4-5,9-10H2,1-3H3,(H,18,20)(H,19,21). The van der Waals surface area contributed by atoms with Crippen molar-refractivity contribution < 1.29 is 22.7 Å². The maximum atomic E-state index is 12.0. The SMILES string of the molecule is Cc1cc(C)cc(OC(C)C(=O)NNC(=O)CC2CCS(=O)(=O)C2)c1. The van der Waals surface area contributed by atoms with Crippen molar-refractivity contribution in [3.63, 3.8) is 0 Å². The number of aryl methyl sites for hydroxylation is 2. The molecule has 0 bridgehead atoms. The second kappa shape index (κ2) is 7.86. The van der Waals surface area contributed by atoms with Gasteiger partial charge in [0.15, 0.2) is 15.9 Å². The molecule has 2 amide bonds. The van der Waals surface area contributed by atoms with Gasteiger partial charge in [-0.3, -0.25) is 20.4 Å². The van der Waals surface area contributed by atoms with Gasteiger partial charge in [-0.2, -0.15) is 0 Å². The predicted molar refractivity (Wildman–Crippen MR) is 93.7 cm³/mol. The molecule has 2 unspecified atom stereocenters. The van der Waals surface area contributed by atoms with Gasteiger partial charge < -0.3 is 4.74 Å². The van der Waals surface area contributed by atoms with Crippen LogP contribution in [0.1, 0.15) is 30.9 Å². The van der Waals surface area contributed by atoms with E-state index in [1.807, 2.05) is 32.0 Å². The van der Waals surface area contributed by atoms with Crippen molar-refractivity contribution in [2.75, 3.05) is 11.5 Å². The first-order chi connectivity index (χ1) is 11.6. The summed E-state index contributed by atoms with van der Waals surface area (Å²) in [7, 11) is -3.01. The Hall–Kier alpha value is -2.09. The predicted octanol–water partition coefficient (Wildman–Crippen LogP) is 1.04. The van der Waals surface area contributed by atoms with Crippen LogP contribution in [-0.2, 0) is 19.4 Å². The molecule has 1 fully saturated rings. The van der Waals surface area contributed by atoms with E-state index in [9.17, 15) is 18.0 Å². The van der Waals surface area contributed by atoms with Crippen LogP contribution in [0.2, 0.25) is 0 Å². The fraction of sp³-hybridized carbons (Fsp3) is 0.529. The lowest BCUT2D eigenvalue weighted by atomic mass is 10.1. The topological polar surface area (TPSA) is 102 Å². The Morgan fingerprint density at radius 1 is 1.20 bits per heavy atom. The molecule has 25 heavy (non-hydrogen) atoms. The summed E-state index contributed by atoms with van der Waals surface area (Å²) in [6, 6.07) is 5.66. The maximum Gasteiger partial charge on any atom is 0.279 e. The van der Waals surface area contributed by atoms with Crippen LogP contribution in [0.3, 0.4) is 0 Å². The first-order valence-corrected chi connectivity index (χ1v) is 10.0. The van der Waals surface area contributed by atoms with Crippen LogP contribution in [0.5, 0.6) is 5.75 Å². The average Bonchev–Trinajstić information content (AvgIpc) is 2.82. The van der Waals surface area contributed by atoms with Gasteiger partial charge in [0.05, 0.1) is 11.5 Å². The van der Waals surface area contributed by atoms with Gasteiger partial charge >= 0.3 is 0 Å². The summed E-state index contributed by atoms with van der Waals surface area (Å²) in [4.78, 5) is 23.8. The third-order valence-corrected chi connectivity index (χ3v) is 5.84. The van der Waals surface area contributed by atoms with Crippen LogP contribution in [0.25, 0.3) is 0 Å². The van der Waals surface area contributed by atoms with E-state index < -0.39 is 27.8 Å². The zero-order valence-corrected chi connectivity index (χ0v) is 15.5. The van der Waals surface area contributed by atoms with E-state index in [1.165, 1.54) is 0 Å². The van der Waals surface area contributed by atoms with Crippen LogP contribution in [0, 0.1) is 19.8 Å². The zero-order chi connectivity index (χ0) is 18.6. The molecule has 2 rings (SSSR count). The lowest BCUT2D eigenvalue weighted by Crippen LogP contribution is -2.47. The Bertz CT molecular complexity index is 740. The Morgan fingerprint density at radius 2 is 1.84 bits per heavy atom. The molecule has 7 nitrogen and oxygen atoms in total. The van der Waals surface area contributed by atoms with Gasteiger partial charge in [-0.05, 0) is 56.4 Å². The quantitative estimate of drug-likeness (QED) is 0.756. The van der Waals surface area contributed by atoms with Crippen molar-refractivity contribution in [2.24, 2.45) is 5.92 Å². The number of hydrogen-bond donors (Lipinski definition) is 2. The summed E-state index contributed by atoms with van der Waals surface area (Å²) in [6.45, 7) is 5.46. The first-order valence-electron chi connectivity index (χ1n) is 8.19. The minimum Gasteiger partial charge on any atom is -0.481 e. The summed E-state index contributed by atoms with van der Waals surface area (Å²) >= 11 is 0. The van der Waals surface area contributed by atoms with Crippen LogP contribution in [0.4, 0.5) is 0 Å². The number of amides is 2. The molecule has 0 aliphatic carbocycles. The molecule has 1 aromatic carbocycles. The highest BCUT2D eigenvalue weighted by Gasteiger charge is 2.29. The number of hydrazine groups is 1. The third kappa shape index (κ3) is 6.04. The molecule has 0 radical (unpaired) electrons. The highest BCUT2D eigenvalue weighted by molar-refractivity contribution is 7.91. The van der Waals surface area contributed by atoms with E-state index in [4.69, 9.17) is 4.74 Å². The Morgan fingerprint density at radius 3 is 2.40 bits per heavy atom. The molecule has 138 valence electrons. The van der Waals surface area contributed by atoms with E-state index in [-0.39, 0.29) is 23.8 Å². The van der Waals surface area contributed by atoms with Crippen LogP contribution in [0.15, 0.2) is 18.2 Å². The normalized spacial score (nSPS) is 19.9. The fourth-order valence-electron chi connectivity index (χ4n) is 2.84. The van der Waals surface area contributed by atoms with Gasteiger partial charge in [0.25, 0.3) is 5.91 Å². The molecule has 1 aliphatic rings. The molecule has 2 atom stereocenters. The Labute approximate surface area is 148 Å². The van der Waals surface area contributed by atoms with Crippen molar-refractivity contribution in [3.05, 3.63) is 29.3 Å². The second-order valence-corrected chi connectivity index (χ2v) is 8.82. The van der Waals surface area contributed by atoms with Gasteiger partial charge in [0.1, 0.15) is 5.75 Å². The molecule has 2 N–H and O–H groups in total. The van der Waals surface area contributed by atoms with E-state index in [2.05, 4.69) is 10.9 Å². The molecule has 0 saturated carbocycles. The molecule has 0 spiro atoms. The van der Waals surface area contributed by atoms with Crippen molar-refractivity contribution in [1.82, 2.24) is 10.9 Å². The van der Waals surface area contributed by atoms with Gasteiger partial charge in [0.2, 0.25) is 5.91 Å². The monoisotopic (exact) mass is 368 g/mol. The van der Waals surface area contributed by atoms with Gasteiger partial charge in [0, 0.05) is 6.42 Å². The lowest BCUT2D eigenvalue weighted by molar-refractivity contribution is -0.133. The molecule has 1 saturated heterocycles. The molecular formula is C17H24N2O5S. The number of carbonyl (C=O) groups is 2. The molecular weight excluding hydrogens is 344 g/mol. The number of nitrogens with one attached hydrogen (secondary N) is 2. The third-order valence-electron chi connectivity index (χ3n) is 4.00. The molecule has 0 aromatic heterocycles. The second-order valence-electron chi connectivity index (χ2n) is 6.59. The number of rotatable bonds is 5. The zero-order valence-electron chi connectivity index (χ0n) is 14.7. The molecule has 8 heteroatoms. The highest BCUT2D eigenvalue weighted by atomic mass is 32.2. The summed E-state index contributed by atoms with van der Waals surface area (Å²) in [5, 5.41) is 0. The van der Waals surface area contributed by atoms with E-state index in [1.54, 1.807) is 6.92 Å². The summed E-state index contributed by atoms with van der Waals surface area (Å²) in [5.74, 6) is -0.340. The maximum absolute atomic E-state index is 12.0. The van der Waals surface area contributed by atoms with Gasteiger partial charge in [-0.1, -0.05) is 6.07 Å². The first kappa shape index (κ1) is 19.2. The largest absolute Gasteiger partial charge is 0.481 e. The number of hydrogen-bond acceptors (Lipinski definition) is 5. The molecule has 1 aliphatic heterocycles. The summed E-state index contributed by atoms with van der Waals surface area (Å²) in [5.41, 5.74) is 6.69. The average molecular weight is 368 g/mol. The van der Waals surface area contributed by atoms with E-state index in [0.29, 0.717) is 12.2 Å². The summed E-state index contributed by atoms with van der Waals surface area (Å²) < 4.78 is 28.4. The van der Waals surface area contributed by atoms with Crippen LogP contribution in [-0.4, -0.2) is 37.8 Å². The van der Waals surface area contributed by atoms with E-state index >= 15 is 0 Å². The Kier molecular flexibility index (Phi) is 6.05. The minimum atomic E-state index is -3.01. The van der Waals surface area contributed by atoms with E-state index in [0.717, 1.165) is 11.1 Å². The van der Waals surface area contributed by atoms with Crippen molar-refractivity contribution >= 4 is 21.7 Å². The van der Waals surface area contributed by atoms with Crippen LogP contribution < -0.4 is 15.6 Å². The lowest BCUT2D eigenvalue weighted by Gasteiger charge is -2.16. The van der Waals surface area contributed by atoms with Crippen molar-refractivity contribution in [1.29, 1.82) is 0 Å². The van der Waals surface area contributed by atoms with Gasteiger partial charge in [-0.25, -0.2) is 8.42 Å². The summed E-state index contributed by atoms with van der Waals surface area (Å²) in [6.07, 6.45) is -0.227. The van der Waals surface area contributed by atoms with Crippen molar-refractivity contribution in [2.45, 2.75) is 39.7 Å². The number of benzene rings is 1. The molecule has 1 heterocycles. The number of ether oxygens (including phenoxy) is 1. The van der Waals surface area contributed by atoms with Crippen molar-refractivity contribution in [3.8, 4) is 5.75 Å². The Balaban J connectivity index is 1.78. The highest BCUT2D eigenvalue weighted by Crippen LogP contribution is 2.21. The van der Waals surface area contributed by atoms with Crippen LogP contribution >= 0.6 is 0 Å². The smallest absolute Gasteiger partial charge is 0.279 e. The minimum absolute atomic E-state index is 0.0284. The molecule has 1 aromatic rings. The fourth-order valence-corrected chi connectivity index (χ4v) is 4.70.